The van der Waals surface area contributed by atoms with Gasteiger partial charge in [0, 0.05) is 26.6 Å². The van der Waals surface area contributed by atoms with E-state index in [1.165, 1.54) is 32.1 Å². The molecule has 0 spiro atoms. The van der Waals surface area contributed by atoms with Crippen molar-refractivity contribution in [3.63, 3.8) is 0 Å². The fraction of sp³-hybridized carbons (Fsp3) is 0.833. The Bertz CT molecular complexity index is 262. The number of rotatable bonds is 14. The van der Waals surface area contributed by atoms with E-state index in [1.54, 1.807) is 0 Å². The van der Waals surface area contributed by atoms with E-state index >= 15 is 0 Å². The number of nitrogens with zero attached hydrogens (tertiary/aromatic N) is 2. The normalized spacial score (nSPS) is 10.9. The van der Waals surface area contributed by atoms with Gasteiger partial charge in [-0.2, -0.15) is 0 Å². The lowest BCUT2D eigenvalue weighted by atomic mass is 10.1. The quantitative estimate of drug-likeness (QED) is 0.356. The smallest absolute Gasteiger partial charge is 0.222 e. The zero-order chi connectivity index (χ0) is 15.9. The van der Waals surface area contributed by atoms with Crippen molar-refractivity contribution < 1.29 is 4.79 Å². The van der Waals surface area contributed by atoms with Gasteiger partial charge in [0.15, 0.2) is 0 Å². The number of likely N-dealkylation sites (N-methyl/N-ethyl adjacent to an activating group) is 2. The Morgan fingerprint density at radius 2 is 1.52 bits per heavy atom. The number of carbonyl (C=O) groups excluding carboxylic acids is 1. The molecule has 0 aliphatic heterocycles. The molecular weight excluding hydrogens is 260 g/mol. The summed E-state index contributed by atoms with van der Waals surface area (Å²) in [6, 6.07) is 0. The standard InChI is InChI=1S/C18H36N2O/c1-5-8-9-10-11-12-13-14-15-18(21)19(4)16-17-20(6-2)7-3/h5H,1,6-17H2,2-4H3. The predicted molar refractivity (Wildman–Crippen MR) is 92.6 cm³/mol. The van der Waals surface area contributed by atoms with Gasteiger partial charge in [-0.15, -0.1) is 6.58 Å². The first-order chi connectivity index (χ1) is 10.2. The third-order valence-corrected chi connectivity index (χ3v) is 4.12. The van der Waals surface area contributed by atoms with Gasteiger partial charge in [-0.05, 0) is 32.4 Å². The van der Waals surface area contributed by atoms with Crippen LogP contribution in [0.3, 0.4) is 0 Å². The topological polar surface area (TPSA) is 23.6 Å². The minimum atomic E-state index is 0.300. The van der Waals surface area contributed by atoms with Crippen LogP contribution in [0, 0.1) is 0 Å². The van der Waals surface area contributed by atoms with Crippen LogP contribution in [0.1, 0.15) is 65.2 Å². The molecule has 0 atom stereocenters. The maximum Gasteiger partial charge on any atom is 0.222 e. The second-order valence-corrected chi connectivity index (χ2v) is 5.79. The molecule has 124 valence electrons. The van der Waals surface area contributed by atoms with Gasteiger partial charge in [-0.25, -0.2) is 0 Å². The molecule has 0 aromatic rings. The Morgan fingerprint density at radius 3 is 2.10 bits per heavy atom. The second-order valence-electron chi connectivity index (χ2n) is 5.79. The van der Waals surface area contributed by atoms with Crippen molar-refractivity contribution in [1.82, 2.24) is 9.80 Å². The SMILES string of the molecule is C=CCCCCCCCCC(=O)N(C)CCN(CC)CC. The first-order valence-electron chi connectivity index (χ1n) is 8.72. The maximum absolute atomic E-state index is 12.0. The van der Waals surface area contributed by atoms with E-state index in [9.17, 15) is 4.79 Å². The van der Waals surface area contributed by atoms with Gasteiger partial charge in [0.05, 0.1) is 0 Å². The molecule has 0 saturated carbocycles. The van der Waals surface area contributed by atoms with Crippen LogP contribution in [0.5, 0.6) is 0 Å². The zero-order valence-electron chi connectivity index (χ0n) is 14.6. The fourth-order valence-corrected chi connectivity index (χ4v) is 2.42. The molecule has 3 heteroatoms. The summed E-state index contributed by atoms with van der Waals surface area (Å²) in [6.07, 6.45) is 11.2. The van der Waals surface area contributed by atoms with Crippen LogP contribution < -0.4 is 0 Å². The van der Waals surface area contributed by atoms with Gasteiger partial charge in [-0.1, -0.05) is 45.6 Å². The Morgan fingerprint density at radius 1 is 0.952 bits per heavy atom. The summed E-state index contributed by atoms with van der Waals surface area (Å²) in [5.74, 6) is 0.300. The van der Waals surface area contributed by atoms with Gasteiger partial charge < -0.3 is 9.80 Å². The molecule has 0 saturated heterocycles. The molecule has 21 heavy (non-hydrogen) atoms. The monoisotopic (exact) mass is 296 g/mol. The van der Waals surface area contributed by atoms with E-state index in [2.05, 4.69) is 25.3 Å². The molecule has 3 nitrogen and oxygen atoms in total. The van der Waals surface area contributed by atoms with E-state index < -0.39 is 0 Å². The van der Waals surface area contributed by atoms with Crippen LogP contribution >= 0.6 is 0 Å². The van der Waals surface area contributed by atoms with Crippen LogP contribution in [0.25, 0.3) is 0 Å². The Kier molecular flexibility index (Phi) is 13.6. The summed E-state index contributed by atoms with van der Waals surface area (Å²) < 4.78 is 0. The number of amides is 1. The third-order valence-electron chi connectivity index (χ3n) is 4.12. The molecule has 0 unspecified atom stereocenters. The fourth-order valence-electron chi connectivity index (χ4n) is 2.42. The zero-order valence-corrected chi connectivity index (χ0v) is 14.6. The summed E-state index contributed by atoms with van der Waals surface area (Å²) in [5, 5.41) is 0. The van der Waals surface area contributed by atoms with E-state index in [0.29, 0.717) is 12.3 Å². The molecule has 0 fully saturated rings. The van der Waals surface area contributed by atoms with Gasteiger partial charge >= 0.3 is 0 Å². The first kappa shape index (κ1) is 20.2. The van der Waals surface area contributed by atoms with E-state index in [-0.39, 0.29) is 0 Å². The summed E-state index contributed by atoms with van der Waals surface area (Å²) in [6.45, 7) is 12.0. The summed E-state index contributed by atoms with van der Waals surface area (Å²) in [5.41, 5.74) is 0. The van der Waals surface area contributed by atoms with Crippen LogP contribution in [0.4, 0.5) is 0 Å². The van der Waals surface area contributed by atoms with E-state index in [0.717, 1.165) is 39.0 Å². The summed E-state index contributed by atoms with van der Waals surface area (Å²) in [4.78, 5) is 16.2. The minimum Gasteiger partial charge on any atom is -0.344 e. The molecule has 0 bridgehead atoms. The van der Waals surface area contributed by atoms with Gasteiger partial charge in [0.2, 0.25) is 5.91 Å². The van der Waals surface area contributed by atoms with E-state index in [1.807, 2.05) is 18.0 Å². The molecule has 0 aliphatic rings. The summed E-state index contributed by atoms with van der Waals surface area (Å²) >= 11 is 0. The van der Waals surface area contributed by atoms with Crippen molar-refractivity contribution in [3.8, 4) is 0 Å². The Balaban J connectivity index is 3.53. The molecular formula is C18H36N2O. The van der Waals surface area contributed by atoms with Crippen LogP contribution in [0.15, 0.2) is 12.7 Å². The largest absolute Gasteiger partial charge is 0.344 e. The summed E-state index contributed by atoms with van der Waals surface area (Å²) in [7, 11) is 1.93. The van der Waals surface area contributed by atoms with Crippen molar-refractivity contribution in [2.45, 2.75) is 65.2 Å². The average Bonchev–Trinajstić information content (AvgIpc) is 2.50. The van der Waals surface area contributed by atoms with Crippen molar-refractivity contribution in [2.24, 2.45) is 0 Å². The highest BCUT2D eigenvalue weighted by molar-refractivity contribution is 5.75. The van der Waals surface area contributed by atoms with Gasteiger partial charge in [0.25, 0.3) is 0 Å². The van der Waals surface area contributed by atoms with Crippen molar-refractivity contribution in [2.75, 3.05) is 33.2 Å². The lowest BCUT2D eigenvalue weighted by Crippen LogP contribution is -2.36. The lowest BCUT2D eigenvalue weighted by molar-refractivity contribution is -0.130. The highest BCUT2D eigenvalue weighted by Gasteiger charge is 2.09. The van der Waals surface area contributed by atoms with Crippen molar-refractivity contribution in [1.29, 1.82) is 0 Å². The van der Waals surface area contributed by atoms with Gasteiger partial charge in [0.1, 0.15) is 0 Å². The Labute approximate surface area is 132 Å². The highest BCUT2D eigenvalue weighted by atomic mass is 16.2. The molecule has 1 amide bonds. The maximum atomic E-state index is 12.0. The molecule has 0 rings (SSSR count). The number of hydrogen-bond acceptors (Lipinski definition) is 2. The lowest BCUT2D eigenvalue weighted by Gasteiger charge is -2.23. The van der Waals surface area contributed by atoms with Crippen molar-refractivity contribution >= 4 is 5.91 Å². The number of hydrogen-bond donors (Lipinski definition) is 0. The molecule has 0 heterocycles. The predicted octanol–water partition coefficient (Wildman–Crippen LogP) is 4.09. The average molecular weight is 296 g/mol. The third kappa shape index (κ3) is 11.5. The number of unbranched alkanes of at least 4 members (excludes halogenated alkanes) is 6. The first-order valence-corrected chi connectivity index (χ1v) is 8.72. The van der Waals surface area contributed by atoms with Gasteiger partial charge in [-0.3, -0.25) is 4.79 Å². The van der Waals surface area contributed by atoms with Crippen LogP contribution in [-0.2, 0) is 4.79 Å². The molecule has 0 aromatic carbocycles. The van der Waals surface area contributed by atoms with E-state index in [4.69, 9.17) is 0 Å². The van der Waals surface area contributed by atoms with Crippen LogP contribution in [-0.4, -0.2) is 48.9 Å². The molecule has 0 N–H and O–H groups in total. The Hall–Kier alpha value is -0.830. The minimum absolute atomic E-state index is 0.300. The molecule has 0 radical (unpaired) electrons. The number of allylic oxidation sites excluding steroid dienone is 1. The second kappa shape index (κ2) is 14.1. The van der Waals surface area contributed by atoms with Crippen LogP contribution in [0.2, 0.25) is 0 Å². The molecule has 0 aromatic heterocycles. The number of carbonyl (C=O) groups is 1. The highest BCUT2D eigenvalue weighted by Crippen LogP contribution is 2.09. The molecule has 0 aliphatic carbocycles. The van der Waals surface area contributed by atoms with Crippen molar-refractivity contribution in [3.05, 3.63) is 12.7 Å².